The summed E-state index contributed by atoms with van der Waals surface area (Å²) in [5.41, 5.74) is 6.90. The van der Waals surface area contributed by atoms with Crippen LogP contribution in [0.25, 0.3) is 0 Å². The number of nitrogens with two attached hydrogens (primary N) is 1. The van der Waals surface area contributed by atoms with E-state index in [0.29, 0.717) is 18.5 Å². The van der Waals surface area contributed by atoms with Crippen molar-refractivity contribution in [2.75, 3.05) is 5.33 Å². The van der Waals surface area contributed by atoms with Gasteiger partial charge in [-0.15, -0.1) is 0 Å². The van der Waals surface area contributed by atoms with Crippen LogP contribution in [0.3, 0.4) is 0 Å². The molecule has 1 fully saturated rings. The molecule has 0 atom stereocenters. The lowest BCUT2D eigenvalue weighted by Crippen LogP contribution is -2.40. The molecule has 1 aliphatic carbocycles. The number of alkyl halides is 1. The van der Waals surface area contributed by atoms with Crippen molar-refractivity contribution in [2.45, 2.75) is 51.1 Å². The Labute approximate surface area is 130 Å². The lowest BCUT2D eigenvalue weighted by atomic mass is 9.91. The molecule has 1 amide bonds. The maximum atomic E-state index is 12.1. The van der Waals surface area contributed by atoms with Crippen molar-refractivity contribution in [1.29, 1.82) is 0 Å². The smallest absolute Gasteiger partial charge is 0.224 e. The number of amides is 1. The summed E-state index contributed by atoms with van der Waals surface area (Å²) in [6, 6.07) is 0.614. The van der Waals surface area contributed by atoms with E-state index in [-0.39, 0.29) is 5.91 Å². The zero-order valence-corrected chi connectivity index (χ0v) is 13.7. The maximum absolute atomic E-state index is 12.1. The lowest BCUT2D eigenvalue weighted by Gasteiger charge is -2.26. The van der Waals surface area contributed by atoms with Crippen molar-refractivity contribution in [3.05, 3.63) is 36.0 Å². The predicted molar refractivity (Wildman–Crippen MR) is 88.8 cm³/mol. The summed E-state index contributed by atoms with van der Waals surface area (Å²) in [5.74, 6) is 0.0991. The second kappa shape index (κ2) is 9.94. The summed E-state index contributed by atoms with van der Waals surface area (Å²) in [6.45, 7) is 1.96. The van der Waals surface area contributed by atoms with E-state index in [0.717, 1.165) is 36.6 Å². The van der Waals surface area contributed by atoms with Gasteiger partial charge in [-0.05, 0) is 38.2 Å². The number of halogens is 1. The normalized spacial score (nSPS) is 24.4. The quantitative estimate of drug-likeness (QED) is 0.576. The summed E-state index contributed by atoms with van der Waals surface area (Å²) < 4.78 is 0. The first-order chi connectivity index (χ1) is 9.65. The monoisotopic (exact) mass is 340 g/mol. The largest absolute Gasteiger partial charge is 0.353 e. The van der Waals surface area contributed by atoms with Crippen molar-refractivity contribution in [2.24, 2.45) is 5.73 Å². The van der Waals surface area contributed by atoms with Gasteiger partial charge in [-0.3, -0.25) is 4.79 Å². The zero-order chi connectivity index (χ0) is 14.8. The molecule has 3 N–H and O–H groups in total. The summed E-state index contributed by atoms with van der Waals surface area (Å²) in [4.78, 5) is 12.1. The Morgan fingerprint density at radius 2 is 2.05 bits per heavy atom. The van der Waals surface area contributed by atoms with E-state index in [4.69, 9.17) is 5.73 Å². The highest BCUT2D eigenvalue weighted by Crippen LogP contribution is 2.17. The van der Waals surface area contributed by atoms with E-state index in [2.05, 4.69) is 21.2 Å². The third kappa shape index (κ3) is 7.06. The SMILES string of the molecule is C\C=C/C(=C\C=C\CBr)CC(=O)NC1CCC(N)CC1. The highest BCUT2D eigenvalue weighted by atomic mass is 79.9. The molecule has 0 aromatic carbocycles. The van der Waals surface area contributed by atoms with Gasteiger partial charge >= 0.3 is 0 Å². The summed E-state index contributed by atoms with van der Waals surface area (Å²) in [7, 11) is 0. The van der Waals surface area contributed by atoms with Gasteiger partial charge in [0.25, 0.3) is 0 Å². The summed E-state index contributed by atoms with van der Waals surface area (Å²) >= 11 is 3.34. The summed E-state index contributed by atoms with van der Waals surface area (Å²) in [6.07, 6.45) is 14.3. The molecule has 0 spiro atoms. The first-order valence-corrected chi connectivity index (χ1v) is 8.37. The standard InChI is InChI=1S/C16H25BrN2O/c1-2-5-13(6-3-4-11-17)12-16(20)19-15-9-7-14(18)8-10-15/h2-6,14-15H,7-12,18H2,1H3,(H,19,20)/b4-3+,5-2-,13-6+. The highest BCUT2D eigenvalue weighted by Gasteiger charge is 2.19. The Balaban J connectivity index is 2.45. The van der Waals surface area contributed by atoms with Gasteiger partial charge in [-0.2, -0.15) is 0 Å². The molecule has 4 heteroatoms. The maximum Gasteiger partial charge on any atom is 0.224 e. The van der Waals surface area contributed by atoms with Gasteiger partial charge in [0.15, 0.2) is 0 Å². The van der Waals surface area contributed by atoms with Gasteiger partial charge in [0.2, 0.25) is 5.91 Å². The van der Waals surface area contributed by atoms with E-state index < -0.39 is 0 Å². The Hall–Kier alpha value is -0.870. The van der Waals surface area contributed by atoms with Gasteiger partial charge in [0.05, 0.1) is 6.42 Å². The fourth-order valence-electron chi connectivity index (χ4n) is 2.36. The van der Waals surface area contributed by atoms with Crippen molar-refractivity contribution in [3.8, 4) is 0 Å². The van der Waals surface area contributed by atoms with Gasteiger partial charge in [-0.1, -0.05) is 46.3 Å². The first-order valence-electron chi connectivity index (χ1n) is 7.25. The summed E-state index contributed by atoms with van der Waals surface area (Å²) in [5, 5.41) is 3.94. The first kappa shape index (κ1) is 17.2. The zero-order valence-electron chi connectivity index (χ0n) is 12.1. The molecule has 112 valence electrons. The Kier molecular flexibility index (Phi) is 8.54. The number of carbonyl (C=O) groups excluding carboxylic acids is 1. The molecular formula is C16H25BrN2O. The molecule has 0 aromatic heterocycles. The minimum atomic E-state index is 0.0991. The minimum Gasteiger partial charge on any atom is -0.353 e. The fourth-order valence-corrected chi connectivity index (χ4v) is 2.57. The number of hydrogen-bond acceptors (Lipinski definition) is 2. The molecule has 0 unspecified atom stereocenters. The third-order valence-electron chi connectivity index (χ3n) is 3.42. The second-order valence-corrected chi connectivity index (χ2v) is 5.83. The molecule has 0 saturated heterocycles. The Morgan fingerprint density at radius 1 is 1.35 bits per heavy atom. The lowest BCUT2D eigenvalue weighted by molar-refractivity contribution is -0.121. The van der Waals surface area contributed by atoms with Crippen LogP contribution >= 0.6 is 15.9 Å². The second-order valence-electron chi connectivity index (χ2n) is 5.18. The number of rotatable bonds is 6. The molecule has 0 aromatic rings. The van der Waals surface area contributed by atoms with E-state index in [9.17, 15) is 4.79 Å². The van der Waals surface area contributed by atoms with Gasteiger partial charge in [-0.25, -0.2) is 0 Å². The average molecular weight is 341 g/mol. The van der Waals surface area contributed by atoms with Crippen LogP contribution in [0.1, 0.15) is 39.0 Å². The molecule has 1 rings (SSSR count). The van der Waals surface area contributed by atoms with Crippen LogP contribution < -0.4 is 11.1 Å². The molecular weight excluding hydrogens is 316 g/mol. The van der Waals surface area contributed by atoms with Crippen molar-refractivity contribution in [1.82, 2.24) is 5.32 Å². The van der Waals surface area contributed by atoms with Gasteiger partial charge in [0.1, 0.15) is 0 Å². The average Bonchev–Trinajstić information content (AvgIpc) is 2.42. The minimum absolute atomic E-state index is 0.0991. The number of allylic oxidation sites excluding steroid dienone is 5. The van der Waals surface area contributed by atoms with Crippen molar-refractivity contribution in [3.63, 3.8) is 0 Å². The number of nitrogens with one attached hydrogen (secondary N) is 1. The fraction of sp³-hybridized carbons (Fsp3) is 0.562. The van der Waals surface area contributed by atoms with Crippen LogP contribution in [-0.4, -0.2) is 23.3 Å². The highest BCUT2D eigenvalue weighted by molar-refractivity contribution is 9.09. The van der Waals surface area contributed by atoms with Gasteiger partial charge < -0.3 is 11.1 Å². The number of carbonyl (C=O) groups is 1. The molecule has 0 bridgehead atoms. The molecule has 3 nitrogen and oxygen atoms in total. The van der Waals surface area contributed by atoms with E-state index in [1.807, 2.05) is 37.3 Å². The van der Waals surface area contributed by atoms with E-state index in [1.165, 1.54) is 0 Å². The van der Waals surface area contributed by atoms with E-state index >= 15 is 0 Å². The van der Waals surface area contributed by atoms with Crippen LogP contribution in [0.4, 0.5) is 0 Å². The van der Waals surface area contributed by atoms with Crippen molar-refractivity contribution >= 4 is 21.8 Å². The Morgan fingerprint density at radius 3 is 2.65 bits per heavy atom. The molecule has 20 heavy (non-hydrogen) atoms. The van der Waals surface area contributed by atoms with Crippen LogP contribution in [-0.2, 0) is 4.79 Å². The molecule has 1 saturated carbocycles. The number of hydrogen-bond donors (Lipinski definition) is 2. The molecule has 1 aliphatic rings. The molecule has 0 heterocycles. The topological polar surface area (TPSA) is 55.1 Å². The van der Waals surface area contributed by atoms with Crippen LogP contribution in [0.15, 0.2) is 36.0 Å². The molecule has 0 aliphatic heterocycles. The van der Waals surface area contributed by atoms with Gasteiger partial charge in [0, 0.05) is 17.4 Å². The third-order valence-corrected chi connectivity index (χ3v) is 3.79. The van der Waals surface area contributed by atoms with Crippen LogP contribution in [0, 0.1) is 0 Å². The van der Waals surface area contributed by atoms with Crippen molar-refractivity contribution < 1.29 is 4.79 Å². The van der Waals surface area contributed by atoms with E-state index in [1.54, 1.807) is 0 Å². The Bertz CT molecular complexity index is 380. The predicted octanol–water partition coefficient (Wildman–Crippen LogP) is 3.22. The van der Waals surface area contributed by atoms with Crippen LogP contribution in [0.2, 0.25) is 0 Å². The molecule has 0 radical (unpaired) electrons. The van der Waals surface area contributed by atoms with Crippen LogP contribution in [0.5, 0.6) is 0 Å².